The molecule has 8 rings (SSSR count). The number of methoxy groups -OCH3 is 1. The fourth-order valence-electron chi connectivity index (χ4n) is 14.3. The van der Waals surface area contributed by atoms with E-state index in [1.54, 1.807) is 7.11 Å². The Balaban J connectivity index is 0.00000392. The molecule has 8 nitrogen and oxygen atoms in total. The molecule has 10 unspecified atom stereocenters. The van der Waals surface area contributed by atoms with Crippen molar-refractivity contribution in [3.05, 3.63) is 0 Å². The Morgan fingerprint density at radius 2 is 1.73 bits per heavy atom. The lowest BCUT2D eigenvalue weighted by Gasteiger charge is -2.60. The van der Waals surface area contributed by atoms with Crippen molar-refractivity contribution < 1.29 is 30.2 Å². The van der Waals surface area contributed by atoms with E-state index in [1.165, 1.54) is 70.9 Å². The third-order valence-electron chi connectivity index (χ3n) is 16.5. The van der Waals surface area contributed by atoms with Crippen molar-refractivity contribution in [1.82, 2.24) is 9.80 Å². The summed E-state index contributed by atoms with van der Waals surface area (Å²) < 4.78 is 31.7. The molecular weight excluding hydrogens is 616 g/mol. The van der Waals surface area contributed by atoms with E-state index in [9.17, 15) is 5.11 Å². The number of likely N-dealkylation sites (tertiary alicyclic amines) is 1. The molecule has 282 valence electrons. The molecule has 8 fully saturated rings. The van der Waals surface area contributed by atoms with Crippen molar-refractivity contribution in [3.63, 3.8) is 0 Å². The molecule has 0 bridgehead atoms. The monoisotopic (exact) mass is 689 g/mol. The van der Waals surface area contributed by atoms with E-state index in [1.807, 2.05) is 20.8 Å². The molecule has 5 aliphatic carbocycles. The summed E-state index contributed by atoms with van der Waals surface area (Å²) >= 11 is 0. The Labute approximate surface area is 299 Å². The highest BCUT2D eigenvalue weighted by Gasteiger charge is 2.80. The van der Waals surface area contributed by atoms with Crippen LogP contribution < -0.4 is 0 Å². The van der Waals surface area contributed by atoms with Crippen molar-refractivity contribution in [2.24, 2.45) is 51.2 Å². The first-order valence-electron chi connectivity index (χ1n) is 20.5. The zero-order valence-electron chi connectivity index (χ0n) is 32.1. The molecule has 0 aromatic heterocycles. The van der Waals surface area contributed by atoms with Gasteiger partial charge in [-0.05, 0) is 136 Å². The van der Waals surface area contributed by atoms with Crippen LogP contribution in [0.3, 0.4) is 0 Å². The highest BCUT2D eigenvalue weighted by molar-refractivity contribution is 5.29. The second-order valence-corrected chi connectivity index (χ2v) is 19.7. The van der Waals surface area contributed by atoms with E-state index in [2.05, 4.69) is 30.6 Å². The summed E-state index contributed by atoms with van der Waals surface area (Å²) in [7, 11) is 1.79. The molecule has 8 aliphatic rings. The molecule has 3 saturated heterocycles. The predicted octanol–water partition coefficient (Wildman–Crippen LogP) is 6.24. The normalized spacial score (nSPS) is 47.3. The van der Waals surface area contributed by atoms with E-state index in [4.69, 9.17) is 23.7 Å². The fraction of sp³-hybridized carbons (Fsp3) is 1.00. The summed E-state index contributed by atoms with van der Waals surface area (Å²) in [6.07, 6.45) is 13.2. The predicted molar refractivity (Wildman–Crippen MR) is 192 cm³/mol. The second-order valence-electron chi connectivity index (χ2n) is 19.7. The van der Waals surface area contributed by atoms with Gasteiger partial charge in [0.25, 0.3) is 0 Å². The molecule has 0 amide bonds. The fourth-order valence-corrected chi connectivity index (χ4v) is 14.3. The maximum Gasteiger partial charge on any atom is 0.170 e. The van der Waals surface area contributed by atoms with Gasteiger partial charge in [0, 0.05) is 54.4 Å². The number of hydrogen-bond acceptors (Lipinski definition) is 8. The number of nitrogens with zero attached hydrogens (tertiary/aromatic N) is 2. The summed E-state index contributed by atoms with van der Waals surface area (Å²) in [5, 5.41) is 11.0. The minimum atomic E-state index is -0.897. The van der Waals surface area contributed by atoms with Gasteiger partial charge in [-0.2, -0.15) is 0 Å². The van der Waals surface area contributed by atoms with Crippen LogP contribution in [0.15, 0.2) is 0 Å². The molecule has 49 heavy (non-hydrogen) atoms. The van der Waals surface area contributed by atoms with Crippen LogP contribution >= 0.6 is 0 Å². The van der Waals surface area contributed by atoms with Crippen LogP contribution in [0.25, 0.3) is 0 Å². The number of hydrogen-bond donors (Lipinski definition) is 1. The van der Waals surface area contributed by atoms with Gasteiger partial charge < -0.3 is 33.7 Å². The van der Waals surface area contributed by atoms with Crippen molar-refractivity contribution in [2.75, 3.05) is 66.2 Å². The molecule has 0 radical (unpaired) electrons. The van der Waals surface area contributed by atoms with Gasteiger partial charge in [-0.3, -0.25) is 4.90 Å². The van der Waals surface area contributed by atoms with Crippen molar-refractivity contribution >= 4 is 0 Å². The van der Waals surface area contributed by atoms with Crippen LogP contribution in [-0.4, -0.2) is 117 Å². The first kappa shape index (κ1) is 35.7. The summed E-state index contributed by atoms with van der Waals surface area (Å²) in [4.78, 5) is 5.12. The highest BCUT2D eigenvalue weighted by Crippen LogP contribution is 2.87. The Morgan fingerprint density at radius 3 is 2.49 bits per heavy atom. The van der Waals surface area contributed by atoms with E-state index in [0.29, 0.717) is 34.9 Å². The summed E-state index contributed by atoms with van der Waals surface area (Å²) in [5.41, 5.74) is 0.706. The Kier molecular flexibility index (Phi) is 9.41. The van der Waals surface area contributed by atoms with Crippen LogP contribution in [0, 0.1) is 51.2 Å². The van der Waals surface area contributed by atoms with Crippen LogP contribution in [0.1, 0.15) is 107 Å². The van der Waals surface area contributed by atoms with Gasteiger partial charge in [0.2, 0.25) is 0 Å². The number of fused-ring (bicyclic) bond motifs is 4. The minimum Gasteiger partial charge on any atom is -0.388 e. The van der Waals surface area contributed by atoms with Crippen LogP contribution in [0.4, 0.5) is 0 Å². The standard InChI is InChI=1S/C41H70N2O6.H2/c1-8-46-36(38(4,5)44)31-11-9-29-32(48-31)21-30-28-10-12-33-37(2,3)34(13-14-41(33)26-40(28,41)16-15-39(29,30)6)49-35-25-43(18-20-47-35)24-27-22-42(23-27)17-19-45-7;/h27-36,44H,8-26H2,1-7H3;1H/t28?,29?,30?,31?,32?,33?,34-,35?,36?,39?,40-,41?;/m0./s1. The highest BCUT2D eigenvalue weighted by atomic mass is 16.7. The third-order valence-corrected chi connectivity index (χ3v) is 16.5. The molecule has 2 spiro atoms. The zero-order valence-corrected chi connectivity index (χ0v) is 32.1. The molecular formula is C41H72N2O6. The summed E-state index contributed by atoms with van der Waals surface area (Å²) in [5.74, 6) is 3.76. The summed E-state index contributed by atoms with van der Waals surface area (Å²) in [6.45, 7) is 22.3. The number of ether oxygens (including phenoxy) is 5. The van der Waals surface area contributed by atoms with Gasteiger partial charge in [0.1, 0.15) is 6.10 Å². The molecule has 3 heterocycles. The number of aliphatic hydroxyl groups is 1. The second kappa shape index (κ2) is 12.9. The molecule has 12 atom stereocenters. The molecule has 0 aromatic rings. The van der Waals surface area contributed by atoms with Crippen molar-refractivity contribution in [3.8, 4) is 0 Å². The van der Waals surface area contributed by atoms with Gasteiger partial charge in [0.15, 0.2) is 6.29 Å². The first-order valence-corrected chi connectivity index (χ1v) is 20.5. The molecule has 8 heteroatoms. The minimum absolute atomic E-state index is 0. The van der Waals surface area contributed by atoms with Gasteiger partial charge in [0.05, 0.1) is 37.1 Å². The van der Waals surface area contributed by atoms with Gasteiger partial charge >= 0.3 is 0 Å². The topological polar surface area (TPSA) is 72.9 Å². The lowest BCUT2D eigenvalue weighted by Crippen LogP contribution is -2.57. The van der Waals surface area contributed by atoms with Crippen molar-refractivity contribution in [2.45, 2.75) is 142 Å². The van der Waals surface area contributed by atoms with Crippen LogP contribution in [0.5, 0.6) is 0 Å². The van der Waals surface area contributed by atoms with E-state index < -0.39 is 5.60 Å². The number of morpholine rings is 1. The lowest BCUT2D eigenvalue weighted by atomic mass is 9.46. The van der Waals surface area contributed by atoms with Crippen LogP contribution in [0.2, 0.25) is 0 Å². The first-order chi connectivity index (χ1) is 23.3. The smallest absolute Gasteiger partial charge is 0.170 e. The van der Waals surface area contributed by atoms with Gasteiger partial charge in [-0.15, -0.1) is 0 Å². The maximum atomic E-state index is 11.0. The lowest BCUT2D eigenvalue weighted by molar-refractivity contribution is -0.246. The average molecular weight is 689 g/mol. The largest absolute Gasteiger partial charge is 0.388 e. The molecule has 1 N–H and O–H groups in total. The van der Waals surface area contributed by atoms with E-state index in [-0.39, 0.29) is 31.4 Å². The average Bonchev–Trinajstić information content (AvgIpc) is 3.61. The number of rotatable bonds is 11. The summed E-state index contributed by atoms with van der Waals surface area (Å²) in [6, 6.07) is 0. The van der Waals surface area contributed by atoms with Gasteiger partial charge in [-0.1, -0.05) is 20.8 Å². The van der Waals surface area contributed by atoms with Gasteiger partial charge in [-0.25, -0.2) is 0 Å². The SMILES string of the molecule is CCOC(C1CCC2C(CC3C4CCC5C(C)(C)[C@@H](OC6CN(CC7CN(CCOC)C7)CCO6)CCC56C[C@@]46CCC23C)O1)C(C)(C)O.[HH]. The van der Waals surface area contributed by atoms with Crippen molar-refractivity contribution in [1.29, 1.82) is 0 Å². The Hall–Kier alpha value is -0.320. The van der Waals surface area contributed by atoms with Crippen LogP contribution in [-0.2, 0) is 23.7 Å². The van der Waals surface area contributed by atoms with E-state index in [0.717, 1.165) is 69.5 Å². The molecule has 5 saturated carbocycles. The van der Waals surface area contributed by atoms with E-state index >= 15 is 0 Å². The molecule has 3 aliphatic heterocycles. The Bertz CT molecular complexity index is 1190. The maximum absolute atomic E-state index is 11.0. The third kappa shape index (κ3) is 5.83. The Morgan fingerprint density at radius 1 is 0.939 bits per heavy atom. The quantitative estimate of drug-likeness (QED) is 0.274. The molecule has 0 aromatic carbocycles. The zero-order chi connectivity index (χ0) is 34.4.